The molecule has 0 atom stereocenters. The predicted molar refractivity (Wildman–Crippen MR) is 86.4 cm³/mol. The van der Waals surface area contributed by atoms with Crippen LogP contribution in [-0.4, -0.2) is 22.4 Å². The van der Waals surface area contributed by atoms with Gasteiger partial charge >= 0.3 is 0 Å². The van der Waals surface area contributed by atoms with E-state index in [1.54, 1.807) is 6.20 Å². The topological polar surface area (TPSA) is 54.4 Å². The van der Waals surface area contributed by atoms with E-state index in [9.17, 15) is 4.79 Å². The number of carbonyl (C=O) groups is 1. The van der Waals surface area contributed by atoms with Gasteiger partial charge in [0, 0.05) is 6.20 Å². The van der Waals surface area contributed by atoms with E-state index in [2.05, 4.69) is 15.5 Å². The van der Waals surface area contributed by atoms with Crippen molar-refractivity contribution in [2.24, 2.45) is 5.10 Å². The van der Waals surface area contributed by atoms with Gasteiger partial charge in [0.25, 0.3) is 0 Å². The van der Waals surface area contributed by atoms with Crippen molar-refractivity contribution in [3.63, 3.8) is 0 Å². The number of thioether (sulfide) groups is 1. The first kappa shape index (κ1) is 15.3. The lowest BCUT2D eigenvalue weighted by Gasteiger charge is -2.05. The fraction of sp³-hybridized carbons (Fsp3) is 0.188. The zero-order valence-corrected chi connectivity index (χ0v) is 12.6. The summed E-state index contributed by atoms with van der Waals surface area (Å²) in [5, 5.41) is 5.04. The minimum atomic E-state index is -0.132. The Morgan fingerprint density at radius 2 is 1.95 bits per heavy atom. The number of rotatable bonds is 6. The van der Waals surface area contributed by atoms with Crippen molar-refractivity contribution in [1.82, 2.24) is 10.4 Å². The molecule has 108 valence electrons. The van der Waals surface area contributed by atoms with Crippen LogP contribution in [0.1, 0.15) is 18.9 Å². The molecule has 0 bridgehead atoms. The molecule has 21 heavy (non-hydrogen) atoms. The third-order valence-corrected chi connectivity index (χ3v) is 3.69. The second kappa shape index (κ2) is 8.21. The highest BCUT2D eigenvalue weighted by Crippen LogP contribution is 2.13. The number of pyridine rings is 1. The molecule has 0 aliphatic heterocycles. The van der Waals surface area contributed by atoms with Gasteiger partial charge in [0.1, 0.15) is 0 Å². The summed E-state index contributed by atoms with van der Waals surface area (Å²) in [4.78, 5) is 16.0. The Labute approximate surface area is 128 Å². The first-order valence-corrected chi connectivity index (χ1v) is 7.73. The Kier molecular flexibility index (Phi) is 5.97. The van der Waals surface area contributed by atoms with E-state index in [0.29, 0.717) is 5.75 Å². The number of nitrogens with one attached hydrogen (secondary N) is 1. The summed E-state index contributed by atoms with van der Waals surface area (Å²) in [5.74, 6) is 0.166. The molecule has 1 heterocycles. The first-order chi connectivity index (χ1) is 10.3. The van der Waals surface area contributed by atoms with Gasteiger partial charge in [-0.3, -0.25) is 4.79 Å². The molecule has 2 aromatic rings. The van der Waals surface area contributed by atoms with Crippen LogP contribution in [0.15, 0.2) is 64.9 Å². The Bertz CT molecular complexity index is 599. The van der Waals surface area contributed by atoms with Crippen LogP contribution in [0.4, 0.5) is 0 Å². The highest BCUT2D eigenvalue weighted by atomic mass is 32.2. The molecule has 1 N–H and O–H groups in total. The maximum absolute atomic E-state index is 11.8. The van der Waals surface area contributed by atoms with E-state index in [1.807, 2.05) is 55.5 Å². The zero-order chi connectivity index (χ0) is 14.9. The summed E-state index contributed by atoms with van der Waals surface area (Å²) in [6, 6.07) is 15.5. The minimum absolute atomic E-state index is 0.132. The van der Waals surface area contributed by atoms with E-state index in [-0.39, 0.29) is 5.91 Å². The maximum atomic E-state index is 11.8. The van der Waals surface area contributed by atoms with Crippen molar-refractivity contribution in [3.8, 4) is 0 Å². The second-order valence-electron chi connectivity index (χ2n) is 4.27. The zero-order valence-electron chi connectivity index (χ0n) is 11.8. The van der Waals surface area contributed by atoms with Gasteiger partial charge in [0.05, 0.1) is 16.5 Å². The van der Waals surface area contributed by atoms with Gasteiger partial charge in [-0.2, -0.15) is 5.10 Å². The van der Waals surface area contributed by atoms with Gasteiger partial charge in [-0.05, 0) is 24.1 Å². The number of carbonyl (C=O) groups excluding carboxylic acids is 1. The third-order valence-electron chi connectivity index (χ3n) is 2.75. The SMILES string of the molecule is CC/C(=N\NC(=O)CSc1ccccn1)c1ccccc1. The van der Waals surface area contributed by atoms with Crippen LogP contribution >= 0.6 is 11.8 Å². The molecule has 1 aromatic heterocycles. The third kappa shape index (κ3) is 5.04. The lowest BCUT2D eigenvalue weighted by molar-refractivity contribution is -0.118. The summed E-state index contributed by atoms with van der Waals surface area (Å²) in [6.07, 6.45) is 2.47. The molecule has 0 aliphatic carbocycles. The molecule has 0 saturated carbocycles. The van der Waals surface area contributed by atoms with E-state index in [4.69, 9.17) is 0 Å². The number of aromatic nitrogens is 1. The van der Waals surface area contributed by atoms with E-state index in [1.165, 1.54) is 11.8 Å². The first-order valence-electron chi connectivity index (χ1n) is 6.74. The molecule has 0 aliphatic rings. The van der Waals surface area contributed by atoms with Crippen molar-refractivity contribution in [3.05, 3.63) is 60.3 Å². The minimum Gasteiger partial charge on any atom is -0.272 e. The van der Waals surface area contributed by atoms with Crippen LogP contribution in [0.3, 0.4) is 0 Å². The number of hydrogen-bond acceptors (Lipinski definition) is 4. The van der Waals surface area contributed by atoms with Crippen molar-refractivity contribution < 1.29 is 4.79 Å². The van der Waals surface area contributed by atoms with Crippen LogP contribution in [0.2, 0.25) is 0 Å². The van der Waals surface area contributed by atoms with Crippen LogP contribution < -0.4 is 5.43 Å². The van der Waals surface area contributed by atoms with Crippen LogP contribution in [0.5, 0.6) is 0 Å². The maximum Gasteiger partial charge on any atom is 0.250 e. The van der Waals surface area contributed by atoms with Gasteiger partial charge in [0.2, 0.25) is 5.91 Å². The largest absolute Gasteiger partial charge is 0.272 e. The molecule has 0 spiro atoms. The molecular formula is C16H17N3OS. The molecule has 0 saturated heterocycles. The second-order valence-corrected chi connectivity index (χ2v) is 5.27. The van der Waals surface area contributed by atoms with Crippen molar-refractivity contribution in [2.45, 2.75) is 18.4 Å². The highest BCUT2D eigenvalue weighted by molar-refractivity contribution is 7.99. The summed E-state index contributed by atoms with van der Waals surface area (Å²) in [6.45, 7) is 2.01. The molecular weight excluding hydrogens is 282 g/mol. The summed E-state index contributed by atoms with van der Waals surface area (Å²) in [5.41, 5.74) is 4.50. The summed E-state index contributed by atoms with van der Waals surface area (Å²) >= 11 is 1.39. The lowest BCUT2D eigenvalue weighted by Crippen LogP contribution is -2.21. The number of hydrogen-bond donors (Lipinski definition) is 1. The Morgan fingerprint density at radius 1 is 1.19 bits per heavy atom. The molecule has 5 heteroatoms. The number of hydrazone groups is 1. The van der Waals surface area contributed by atoms with Crippen LogP contribution in [0, 0.1) is 0 Å². The van der Waals surface area contributed by atoms with Gasteiger partial charge in [-0.1, -0.05) is 55.1 Å². The molecule has 0 unspecified atom stereocenters. The van der Waals surface area contributed by atoms with Gasteiger partial charge in [0.15, 0.2) is 0 Å². The van der Waals surface area contributed by atoms with E-state index < -0.39 is 0 Å². The molecule has 0 fully saturated rings. The predicted octanol–water partition coefficient (Wildman–Crippen LogP) is 3.10. The van der Waals surface area contributed by atoms with Crippen LogP contribution in [-0.2, 0) is 4.79 Å². The summed E-state index contributed by atoms with van der Waals surface area (Å²) in [7, 11) is 0. The van der Waals surface area contributed by atoms with Gasteiger partial charge in [-0.15, -0.1) is 0 Å². The molecule has 2 rings (SSSR count). The number of amides is 1. The average Bonchev–Trinajstić information content (AvgIpc) is 2.55. The quantitative estimate of drug-likeness (QED) is 0.506. The van der Waals surface area contributed by atoms with E-state index in [0.717, 1.165) is 22.7 Å². The molecule has 1 aromatic carbocycles. The van der Waals surface area contributed by atoms with Crippen LogP contribution in [0.25, 0.3) is 0 Å². The monoisotopic (exact) mass is 299 g/mol. The Balaban J connectivity index is 1.88. The highest BCUT2D eigenvalue weighted by Gasteiger charge is 2.04. The number of nitrogens with zero attached hydrogens (tertiary/aromatic N) is 2. The normalized spacial score (nSPS) is 11.2. The van der Waals surface area contributed by atoms with Crippen molar-refractivity contribution in [1.29, 1.82) is 0 Å². The number of benzene rings is 1. The standard InChI is InChI=1S/C16H17N3OS/c1-2-14(13-8-4-3-5-9-13)18-19-15(20)12-21-16-10-6-7-11-17-16/h3-11H,2,12H2,1H3,(H,19,20)/b18-14+. The van der Waals surface area contributed by atoms with Crippen molar-refractivity contribution >= 4 is 23.4 Å². The molecule has 1 amide bonds. The van der Waals surface area contributed by atoms with E-state index >= 15 is 0 Å². The molecule has 0 radical (unpaired) electrons. The van der Waals surface area contributed by atoms with Gasteiger partial charge in [-0.25, -0.2) is 10.4 Å². The Hall–Kier alpha value is -2.14. The lowest BCUT2D eigenvalue weighted by atomic mass is 10.1. The smallest absolute Gasteiger partial charge is 0.250 e. The Morgan fingerprint density at radius 3 is 2.62 bits per heavy atom. The van der Waals surface area contributed by atoms with Crippen molar-refractivity contribution in [2.75, 3.05) is 5.75 Å². The molecule has 4 nitrogen and oxygen atoms in total. The fourth-order valence-electron chi connectivity index (χ4n) is 1.71. The fourth-order valence-corrected chi connectivity index (χ4v) is 2.37. The average molecular weight is 299 g/mol. The summed E-state index contributed by atoms with van der Waals surface area (Å²) < 4.78 is 0. The van der Waals surface area contributed by atoms with Gasteiger partial charge < -0.3 is 0 Å².